The molecule has 3 aromatic rings. The van der Waals surface area contributed by atoms with Gasteiger partial charge in [-0.3, -0.25) is 4.79 Å². The molecule has 5 rings (SSSR count). The smallest absolute Gasteiger partial charge is 0.416 e. The number of aromatic nitrogens is 3. The van der Waals surface area contributed by atoms with Gasteiger partial charge in [0.1, 0.15) is 23.3 Å². The van der Waals surface area contributed by atoms with Crippen LogP contribution in [0.2, 0.25) is 0 Å². The van der Waals surface area contributed by atoms with E-state index >= 15 is 0 Å². The highest BCUT2D eigenvalue weighted by molar-refractivity contribution is 6.09. The topological polar surface area (TPSA) is 83.1 Å². The molecule has 1 aliphatic heterocycles. The molecule has 0 radical (unpaired) electrons. The van der Waals surface area contributed by atoms with E-state index in [1.807, 2.05) is 13.0 Å². The van der Waals surface area contributed by atoms with Crippen LogP contribution >= 0.6 is 0 Å². The summed E-state index contributed by atoms with van der Waals surface area (Å²) in [5.41, 5.74) is 1.42. The molecule has 0 bridgehead atoms. The molecule has 1 aromatic carbocycles. The highest BCUT2D eigenvalue weighted by Gasteiger charge is 2.33. The van der Waals surface area contributed by atoms with Crippen LogP contribution < -0.4 is 10.1 Å². The quantitative estimate of drug-likeness (QED) is 0.438. The van der Waals surface area contributed by atoms with E-state index in [-0.39, 0.29) is 23.2 Å². The van der Waals surface area contributed by atoms with Gasteiger partial charge in [-0.05, 0) is 69.8 Å². The van der Waals surface area contributed by atoms with Crippen LogP contribution in [0.4, 0.5) is 13.2 Å². The number of allylic oxidation sites excluding steroid dienone is 1. The number of carbonyl (C=O) groups is 1. The van der Waals surface area contributed by atoms with E-state index < -0.39 is 11.7 Å². The van der Waals surface area contributed by atoms with Crippen molar-refractivity contribution in [3.05, 3.63) is 53.6 Å². The van der Waals surface area contributed by atoms with E-state index in [2.05, 4.69) is 31.4 Å². The van der Waals surface area contributed by atoms with Gasteiger partial charge in [-0.2, -0.15) is 13.2 Å². The Bertz CT molecular complexity index is 1320. The van der Waals surface area contributed by atoms with Gasteiger partial charge in [0.2, 0.25) is 0 Å². The van der Waals surface area contributed by atoms with Crippen LogP contribution in [0.1, 0.15) is 54.2 Å². The third-order valence-corrected chi connectivity index (χ3v) is 6.96. The second kappa shape index (κ2) is 10.1. The fourth-order valence-corrected chi connectivity index (χ4v) is 4.77. The second-order valence-electron chi connectivity index (χ2n) is 9.80. The lowest BCUT2D eigenvalue weighted by atomic mass is 10.0. The van der Waals surface area contributed by atoms with Crippen LogP contribution in [0.3, 0.4) is 0 Å². The number of aromatic amines is 1. The summed E-state index contributed by atoms with van der Waals surface area (Å²) >= 11 is 0. The maximum absolute atomic E-state index is 13.6. The normalized spacial score (nSPS) is 17.1. The minimum atomic E-state index is -4.52. The lowest BCUT2D eigenvalue weighted by Gasteiger charge is -2.31. The number of carbonyl (C=O) groups excluding carboxylic acids is 1. The van der Waals surface area contributed by atoms with Crippen molar-refractivity contribution in [1.82, 2.24) is 25.2 Å². The first-order valence-corrected chi connectivity index (χ1v) is 12.6. The molecular formula is C27H30F3N5O2. The molecule has 1 saturated heterocycles. The van der Waals surface area contributed by atoms with Crippen molar-refractivity contribution in [1.29, 1.82) is 0 Å². The van der Waals surface area contributed by atoms with Crippen LogP contribution in [0, 0.1) is 12.8 Å². The van der Waals surface area contributed by atoms with E-state index in [1.165, 1.54) is 12.4 Å². The lowest BCUT2D eigenvalue weighted by molar-refractivity contribution is -0.137. The molecule has 0 atom stereocenters. The molecule has 0 spiro atoms. The molecule has 2 N–H and O–H groups in total. The molecule has 2 aliphatic rings. The standard InChI is InChI=1S/C27H30F3N5O2/c1-3-10-35-11-8-19(9-12-35)34-26(36)22-16(2)33-25-23(31-15-32-24(22)25)20-13-18(27(28,29)30)6-7-21(20)37-14-17-4-5-17/h3,6-7,10,13,15,17,19,33H,4-5,8-9,11-12,14H2,1-2H3,(H,34,36). The predicted molar refractivity (Wildman–Crippen MR) is 134 cm³/mol. The Balaban J connectivity index is 1.48. The Morgan fingerprint density at radius 3 is 2.65 bits per heavy atom. The number of fused-ring (bicyclic) bond motifs is 1. The summed E-state index contributed by atoms with van der Waals surface area (Å²) in [6, 6.07) is 3.45. The highest BCUT2D eigenvalue weighted by Crippen LogP contribution is 2.40. The monoisotopic (exact) mass is 513 g/mol. The lowest BCUT2D eigenvalue weighted by Crippen LogP contribution is -2.43. The van der Waals surface area contributed by atoms with Gasteiger partial charge in [0, 0.05) is 30.4 Å². The largest absolute Gasteiger partial charge is 0.493 e. The molecule has 37 heavy (non-hydrogen) atoms. The first kappa shape index (κ1) is 25.1. The van der Waals surface area contributed by atoms with Gasteiger partial charge in [-0.25, -0.2) is 9.97 Å². The number of halogens is 3. The summed E-state index contributed by atoms with van der Waals surface area (Å²) in [6.07, 6.45) is 4.56. The average Bonchev–Trinajstić information content (AvgIpc) is 3.63. The predicted octanol–water partition coefficient (Wildman–Crippen LogP) is 5.47. The SMILES string of the molecule is CC=CN1CCC(NC(=O)c2c(C)[nH]c3c(-c4cc(C(F)(F)F)ccc4OCC4CC4)ncnc23)CC1. The Morgan fingerprint density at radius 1 is 1.22 bits per heavy atom. The van der Waals surface area contributed by atoms with Gasteiger partial charge in [0.25, 0.3) is 5.91 Å². The minimum absolute atomic E-state index is 0.0329. The zero-order valence-corrected chi connectivity index (χ0v) is 20.9. The Morgan fingerprint density at radius 2 is 1.97 bits per heavy atom. The number of rotatable bonds is 7. The Labute approximate surface area is 213 Å². The van der Waals surface area contributed by atoms with E-state index in [9.17, 15) is 18.0 Å². The number of ether oxygens (including phenoxy) is 1. The fraction of sp³-hybridized carbons (Fsp3) is 0.444. The Hall–Kier alpha value is -3.56. The molecule has 196 valence electrons. The fourth-order valence-electron chi connectivity index (χ4n) is 4.77. The molecule has 7 nitrogen and oxygen atoms in total. The summed E-state index contributed by atoms with van der Waals surface area (Å²) < 4.78 is 46.6. The number of nitrogens with one attached hydrogen (secondary N) is 2. The van der Waals surface area contributed by atoms with Crippen molar-refractivity contribution in [2.75, 3.05) is 19.7 Å². The zero-order valence-electron chi connectivity index (χ0n) is 20.9. The van der Waals surface area contributed by atoms with Crippen LogP contribution in [-0.2, 0) is 6.18 Å². The van der Waals surface area contributed by atoms with Gasteiger partial charge in [-0.15, -0.1) is 0 Å². The summed E-state index contributed by atoms with van der Waals surface area (Å²) in [6.45, 7) is 5.88. The van der Waals surface area contributed by atoms with E-state index in [0.717, 1.165) is 50.9 Å². The van der Waals surface area contributed by atoms with Gasteiger partial charge in [-0.1, -0.05) is 6.08 Å². The van der Waals surface area contributed by atoms with Gasteiger partial charge in [0.05, 0.1) is 23.3 Å². The first-order chi connectivity index (χ1) is 17.7. The van der Waals surface area contributed by atoms with Gasteiger partial charge < -0.3 is 19.9 Å². The number of H-pyrrole nitrogens is 1. The van der Waals surface area contributed by atoms with Crippen molar-refractivity contribution in [3.63, 3.8) is 0 Å². The van der Waals surface area contributed by atoms with Crippen LogP contribution in [0.25, 0.3) is 22.3 Å². The number of benzene rings is 1. The average molecular weight is 514 g/mol. The van der Waals surface area contributed by atoms with Crippen molar-refractivity contribution in [2.45, 2.75) is 51.7 Å². The number of nitrogens with zero attached hydrogens (tertiary/aromatic N) is 3. The molecule has 2 aromatic heterocycles. The zero-order chi connectivity index (χ0) is 26.2. The van der Waals surface area contributed by atoms with Gasteiger partial charge >= 0.3 is 6.18 Å². The van der Waals surface area contributed by atoms with E-state index in [1.54, 1.807) is 6.92 Å². The van der Waals surface area contributed by atoms with Crippen molar-refractivity contribution >= 4 is 16.9 Å². The number of likely N-dealkylation sites (tertiary alicyclic amines) is 1. The first-order valence-electron chi connectivity index (χ1n) is 12.6. The van der Waals surface area contributed by atoms with Gasteiger partial charge in [0.15, 0.2) is 0 Å². The van der Waals surface area contributed by atoms with Crippen molar-refractivity contribution in [2.24, 2.45) is 5.92 Å². The van der Waals surface area contributed by atoms with Crippen LogP contribution in [-0.4, -0.2) is 51.5 Å². The number of aryl methyl sites for hydroxylation is 1. The number of hydrogen-bond acceptors (Lipinski definition) is 5. The molecular weight excluding hydrogens is 483 g/mol. The van der Waals surface area contributed by atoms with Crippen molar-refractivity contribution < 1.29 is 22.7 Å². The number of alkyl halides is 3. The third kappa shape index (κ3) is 5.42. The highest BCUT2D eigenvalue weighted by atomic mass is 19.4. The van der Waals surface area contributed by atoms with Crippen LogP contribution in [0.5, 0.6) is 5.75 Å². The summed E-state index contributed by atoms with van der Waals surface area (Å²) in [4.78, 5) is 27.4. The summed E-state index contributed by atoms with van der Waals surface area (Å²) in [7, 11) is 0. The molecule has 1 aliphatic carbocycles. The summed E-state index contributed by atoms with van der Waals surface area (Å²) in [5.74, 6) is 0.492. The molecule has 1 amide bonds. The number of amides is 1. The molecule has 1 saturated carbocycles. The van der Waals surface area contributed by atoms with E-state index in [0.29, 0.717) is 40.6 Å². The van der Waals surface area contributed by atoms with Crippen molar-refractivity contribution in [3.8, 4) is 17.0 Å². The van der Waals surface area contributed by atoms with Crippen LogP contribution in [0.15, 0.2) is 36.8 Å². The minimum Gasteiger partial charge on any atom is -0.493 e. The van der Waals surface area contributed by atoms with E-state index in [4.69, 9.17) is 4.74 Å². The molecule has 0 unspecified atom stereocenters. The number of piperidine rings is 1. The maximum Gasteiger partial charge on any atom is 0.416 e. The third-order valence-electron chi connectivity index (χ3n) is 6.96. The maximum atomic E-state index is 13.6. The molecule has 2 fully saturated rings. The number of hydrogen-bond donors (Lipinski definition) is 2. The Kier molecular flexibility index (Phi) is 6.83. The molecule has 3 heterocycles. The molecule has 10 heteroatoms. The summed E-state index contributed by atoms with van der Waals surface area (Å²) in [5, 5.41) is 3.11. The second-order valence-corrected chi connectivity index (χ2v) is 9.80.